The first-order valence-electron chi connectivity index (χ1n) is 10.9. The van der Waals surface area contributed by atoms with E-state index in [1.165, 1.54) is 29.5 Å². The van der Waals surface area contributed by atoms with Crippen molar-refractivity contribution in [2.45, 2.75) is 29.7 Å². The van der Waals surface area contributed by atoms with Gasteiger partial charge >= 0.3 is 5.24 Å². The smallest absolute Gasteiger partial charge is 0.304 e. The van der Waals surface area contributed by atoms with E-state index in [0.717, 1.165) is 18.0 Å². The normalized spacial score (nSPS) is 17.0. The molecule has 0 saturated heterocycles. The van der Waals surface area contributed by atoms with Crippen LogP contribution in [-0.2, 0) is 9.84 Å². The number of hydrazone groups is 1. The van der Waals surface area contributed by atoms with E-state index >= 15 is 0 Å². The number of rotatable bonds is 7. The topological polar surface area (TPSA) is 109 Å². The number of hydrogen-bond acceptors (Lipinski definition) is 7. The predicted molar refractivity (Wildman–Crippen MR) is 136 cm³/mol. The van der Waals surface area contributed by atoms with Crippen molar-refractivity contribution in [3.05, 3.63) is 95.8 Å². The van der Waals surface area contributed by atoms with Gasteiger partial charge in [0.15, 0.2) is 16.0 Å². The molecule has 1 aromatic heterocycles. The average Bonchev–Trinajstić information content (AvgIpc) is 2.88. The average molecular weight is 509 g/mol. The molecule has 2 heterocycles. The molecule has 0 bridgehead atoms. The van der Waals surface area contributed by atoms with E-state index in [1.54, 1.807) is 24.3 Å². The Morgan fingerprint density at radius 2 is 1.71 bits per heavy atom. The summed E-state index contributed by atoms with van der Waals surface area (Å²) in [5, 5.41) is 8.40. The largest absolute Gasteiger partial charge is 0.326 e. The molecule has 2 unspecified atom stereocenters. The molecule has 2 amide bonds. The fourth-order valence-electron chi connectivity index (χ4n) is 3.64. The lowest BCUT2D eigenvalue weighted by atomic mass is 10.1. The minimum atomic E-state index is -3.34. The number of aromatic nitrogens is 1. The van der Waals surface area contributed by atoms with Crippen molar-refractivity contribution in [3.63, 3.8) is 0 Å². The van der Waals surface area contributed by atoms with Gasteiger partial charge in [0.1, 0.15) is 0 Å². The summed E-state index contributed by atoms with van der Waals surface area (Å²) < 4.78 is 23.7. The Kier molecular flexibility index (Phi) is 7.32. The lowest BCUT2D eigenvalue weighted by Gasteiger charge is -2.34. The molecule has 0 spiro atoms. The Morgan fingerprint density at radius 1 is 1.06 bits per heavy atom. The highest BCUT2D eigenvalue weighted by atomic mass is 32.2. The molecule has 3 aromatic rings. The van der Waals surface area contributed by atoms with Gasteiger partial charge in [-0.05, 0) is 41.8 Å². The highest BCUT2D eigenvalue weighted by Crippen LogP contribution is 2.33. The summed E-state index contributed by atoms with van der Waals surface area (Å²) >= 11 is 1.13. The number of carbonyl (C=O) groups excluding carboxylic acids is 2. The van der Waals surface area contributed by atoms with E-state index in [1.807, 2.05) is 37.3 Å². The molecule has 1 aliphatic heterocycles. The number of benzene rings is 2. The lowest BCUT2D eigenvalue weighted by molar-refractivity contribution is 0.0887. The van der Waals surface area contributed by atoms with Crippen molar-refractivity contribution in [2.24, 2.45) is 5.10 Å². The maximum absolute atomic E-state index is 13.2. The van der Waals surface area contributed by atoms with Crippen molar-refractivity contribution in [2.75, 3.05) is 6.26 Å². The van der Waals surface area contributed by atoms with Crippen LogP contribution in [0.5, 0.6) is 0 Å². The molecular formula is C25H24N4O4S2. The zero-order chi connectivity index (χ0) is 25.0. The maximum Gasteiger partial charge on any atom is 0.304 e. The quantitative estimate of drug-likeness (QED) is 0.511. The SMILES string of the molecule is CCC1SC(=O)N(C(NC(=O)c2ccncc2)c2ccccc2)N=C1c1ccc(S(C)(=O)=O)cc1. The molecule has 180 valence electrons. The maximum atomic E-state index is 13.2. The zero-order valence-corrected chi connectivity index (χ0v) is 20.8. The van der Waals surface area contributed by atoms with Crippen LogP contribution in [0.1, 0.15) is 41.0 Å². The van der Waals surface area contributed by atoms with Crippen LogP contribution in [0.25, 0.3) is 0 Å². The molecule has 0 saturated carbocycles. The van der Waals surface area contributed by atoms with Crippen LogP contribution in [0.3, 0.4) is 0 Å². The van der Waals surface area contributed by atoms with Crippen LogP contribution in [0.4, 0.5) is 4.79 Å². The molecule has 2 aromatic carbocycles. The first-order chi connectivity index (χ1) is 16.8. The van der Waals surface area contributed by atoms with Gasteiger partial charge in [-0.25, -0.2) is 8.42 Å². The van der Waals surface area contributed by atoms with Crippen LogP contribution in [-0.4, -0.2) is 46.8 Å². The van der Waals surface area contributed by atoms with E-state index in [4.69, 9.17) is 5.10 Å². The first-order valence-corrected chi connectivity index (χ1v) is 13.7. The van der Waals surface area contributed by atoms with Crippen LogP contribution in [0.15, 0.2) is 89.1 Å². The van der Waals surface area contributed by atoms with E-state index in [2.05, 4.69) is 10.3 Å². The van der Waals surface area contributed by atoms with Gasteiger partial charge in [-0.1, -0.05) is 61.2 Å². The van der Waals surface area contributed by atoms with Crippen LogP contribution in [0, 0.1) is 0 Å². The zero-order valence-electron chi connectivity index (χ0n) is 19.2. The lowest BCUT2D eigenvalue weighted by Crippen LogP contribution is -2.44. The summed E-state index contributed by atoms with van der Waals surface area (Å²) in [6.45, 7) is 1.96. The molecule has 0 fully saturated rings. The second kappa shape index (κ2) is 10.4. The van der Waals surface area contributed by atoms with Gasteiger partial charge in [0.05, 0.1) is 15.9 Å². The number of sulfone groups is 1. The van der Waals surface area contributed by atoms with E-state index in [-0.39, 0.29) is 21.3 Å². The van der Waals surface area contributed by atoms with E-state index in [9.17, 15) is 18.0 Å². The molecule has 4 rings (SSSR count). The third-order valence-corrected chi connectivity index (χ3v) is 7.83. The molecule has 8 nitrogen and oxygen atoms in total. The Bertz CT molecular complexity index is 1350. The summed E-state index contributed by atoms with van der Waals surface area (Å²) in [7, 11) is -3.34. The summed E-state index contributed by atoms with van der Waals surface area (Å²) in [4.78, 5) is 30.3. The Labute approximate surface area is 208 Å². The number of pyridine rings is 1. The number of nitrogens with one attached hydrogen (secondary N) is 1. The van der Waals surface area contributed by atoms with Gasteiger partial charge in [-0.2, -0.15) is 10.1 Å². The molecule has 1 N–H and O–H groups in total. The molecule has 2 atom stereocenters. The van der Waals surface area contributed by atoms with Crippen molar-refractivity contribution >= 4 is 38.5 Å². The summed E-state index contributed by atoms with van der Waals surface area (Å²) in [5.74, 6) is -0.370. The summed E-state index contributed by atoms with van der Waals surface area (Å²) in [5.41, 5.74) is 2.44. The third-order valence-electron chi connectivity index (χ3n) is 5.47. The van der Waals surface area contributed by atoms with Gasteiger partial charge in [-0.3, -0.25) is 14.6 Å². The van der Waals surface area contributed by atoms with Crippen LogP contribution >= 0.6 is 11.8 Å². The van der Waals surface area contributed by atoms with Crippen molar-refractivity contribution in [1.29, 1.82) is 0 Å². The first kappa shape index (κ1) is 24.6. The molecule has 35 heavy (non-hydrogen) atoms. The van der Waals surface area contributed by atoms with Gasteiger partial charge in [-0.15, -0.1) is 0 Å². The molecule has 0 radical (unpaired) electrons. The number of carbonyl (C=O) groups is 2. The summed E-state index contributed by atoms with van der Waals surface area (Å²) in [6, 6.07) is 18.8. The van der Waals surface area contributed by atoms with Gasteiger partial charge in [0.25, 0.3) is 5.91 Å². The molecule has 1 aliphatic rings. The number of hydrogen-bond donors (Lipinski definition) is 1. The van der Waals surface area contributed by atoms with Crippen molar-refractivity contribution in [3.8, 4) is 0 Å². The standard InChI is InChI=1S/C25H24N4O4S2/c1-3-21-22(17-9-11-20(12-10-17)35(2,32)33)28-29(25(31)34-21)23(18-7-5-4-6-8-18)27-24(30)19-13-15-26-16-14-19/h4-16,21,23H,3H2,1-2H3,(H,27,30). The second-order valence-electron chi connectivity index (χ2n) is 7.93. The number of nitrogens with zero attached hydrogens (tertiary/aromatic N) is 3. The fraction of sp³-hybridized carbons (Fsp3) is 0.200. The summed E-state index contributed by atoms with van der Waals surface area (Å²) in [6.07, 6.45) is 4.00. The monoisotopic (exact) mass is 508 g/mol. The molecular weight excluding hydrogens is 484 g/mol. The highest BCUT2D eigenvalue weighted by Gasteiger charge is 2.35. The minimum Gasteiger partial charge on any atom is -0.326 e. The van der Waals surface area contributed by atoms with Gasteiger partial charge in [0, 0.05) is 24.2 Å². The molecule has 0 aliphatic carbocycles. The van der Waals surface area contributed by atoms with E-state index in [0.29, 0.717) is 28.8 Å². The van der Waals surface area contributed by atoms with Crippen LogP contribution < -0.4 is 5.32 Å². The highest BCUT2D eigenvalue weighted by molar-refractivity contribution is 8.14. The number of thioether (sulfide) groups is 1. The van der Waals surface area contributed by atoms with Crippen LogP contribution in [0.2, 0.25) is 0 Å². The van der Waals surface area contributed by atoms with Gasteiger partial charge < -0.3 is 5.32 Å². The Balaban J connectivity index is 1.75. The fourth-order valence-corrected chi connectivity index (χ4v) is 5.23. The Hall–Kier alpha value is -3.50. The van der Waals surface area contributed by atoms with Gasteiger partial charge in [0.2, 0.25) is 0 Å². The van der Waals surface area contributed by atoms with E-state index < -0.39 is 16.0 Å². The predicted octanol–water partition coefficient (Wildman–Crippen LogP) is 4.27. The van der Waals surface area contributed by atoms with Crippen molar-refractivity contribution in [1.82, 2.24) is 15.3 Å². The number of amides is 2. The Morgan fingerprint density at radius 3 is 2.31 bits per heavy atom. The third kappa shape index (κ3) is 5.60. The molecule has 10 heteroatoms. The second-order valence-corrected chi connectivity index (χ2v) is 11.1. The van der Waals surface area contributed by atoms with Crippen molar-refractivity contribution < 1.29 is 18.0 Å². The minimum absolute atomic E-state index is 0.207.